The normalized spacial score (nSPS) is 14.3. The second-order valence-electron chi connectivity index (χ2n) is 6.00. The highest BCUT2D eigenvalue weighted by atomic mass is 16.2. The molecule has 0 radical (unpaired) electrons. The number of hydrogen-bond donors (Lipinski definition) is 0. The topological polar surface area (TPSA) is 60.9 Å². The van der Waals surface area contributed by atoms with Crippen molar-refractivity contribution in [2.45, 2.75) is 25.8 Å². The lowest BCUT2D eigenvalue weighted by atomic mass is 10.2. The maximum absolute atomic E-state index is 12.2. The summed E-state index contributed by atoms with van der Waals surface area (Å²) >= 11 is 0. The Bertz CT molecular complexity index is 580. The molecule has 0 bridgehead atoms. The van der Waals surface area contributed by atoms with Crippen LogP contribution >= 0.6 is 0 Å². The summed E-state index contributed by atoms with van der Waals surface area (Å²) in [6.07, 6.45) is 0.700. The zero-order valence-electron chi connectivity index (χ0n) is 13.9. The minimum atomic E-state index is -0.176. The zero-order chi connectivity index (χ0) is 17.0. The average Bonchev–Trinajstić information content (AvgIpc) is 2.84. The number of likely N-dealkylation sites (tertiary alicyclic amines) is 1. The van der Waals surface area contributed by atoms with Gasteiger partial charge in [-0.1, -0.05) is 12.1 Å². The van der Waals surface area contributed by atoms with E-state index >= 15 is 0 Å². The van der Waals surface area contributed by atoms with Crippen LogP contribution in [0.1, 0.15) is 24.8 Å². The molecule has 2 rings (SSSR count). The number of carbonyl (C=O) groups is 3. The molecule has 0 aliphatic carbocycles. The van der Waals surface area contributed by atoms with Crippen LogP contribution in [0, 0.1) is 0 Å². The Balaban J connectivity index is 1.85. The van der Waals surface area contributed by atoms with E-state index in [1.807, 2.05) is 43.3 Å². The lowest BCUT2D eigenvalue weighted by Gasteiger charge is -2.20. The molecular formula is C17H23N3O3. The van der Waals surface area contributed by atoms with Crippen LogP contribution in [0.5, 0.6) is 0 Å². The van der Waals surface area contributed by atoms with Crippen molar-refractivity contribution >= 4 is 23.4 Å². The van der Waals surface area contributed by atoms with Gasteiger partial charge in [-0.3, -0.25) is 19.3 Å². The molecular weight excluding hydrogens is 294 g/mol. The van der Waals surface area contributed by atoms with Crippen LogP contribution in [0.4, 0.5) is 5.69 Å². The standard InChI is InChI=1S/C17H23N3O3/c1-18(2)14-6-4-13(5-7-14)12-19(3)15(21)10-11-20-16(22)8-9-17(20)23/h4-7H,8-12H2,1-3H3. The Kier molecular flexibility index (Phi) is 5.36. The van der Waals surface area contributed by atoms with Crippen molar-refractivity contribution < 1.29 is 14.4 Å². The first kappa shape index (κ1) is 17.0. The van der Waals surface area contributed by atoms with Crippen LogP contribution in [-0.4, -0.2) is 55.2 Å². The van der Waals surface area contributed by atoms with E-state index in [2.05, 4.69) is 0 Å². The summed E-state index contributed by atoms with van der Waals surface area (Å²) in [5.41, 5.74) is 2.15. The highest BCUT2D eigenvalue weighted by Gasteiger charge is 2.29. The summed E-state index contributed by atoms with van der Waals surface area (Å²) in [5, 5.41) is 0. The van der Waals surface area contributed by atoms with Crippen molar-refractivity contribution in [1.82, 2.24) is 9.80 Å². The monoisotopic (exact) mass is 317 g/mol. The Morgan fingerprint density at radius 1 is 1.04 bits per heavy atom. The Labute approximate surface area is 136 Å². The first-order valence-electron chi connectivity index (χ1n) is 7.72. The van der Waals surface area contributed by atoms with Gasteiger partial charge in [0.1, 0.15) is 0 Å². The molecule has 6 nitrogen and oxygen atoms in total. The molecule has 0 N–H and O–H groups in total. The maximum Gasteiger partial charge on any atom is 0.229 e. The summed E-state index contributed by atoms with van der Waals surface area (Å²) in [4.78, 5) is 40.0. The predicted octanol–water partition coefficient (Wildman–Crippen LogP) is 1.25. The van der Waals surface area contributed by atoms with Gasteiger partial charge in [-0.15, -0.1) is 0 Å². The summed E-state index contributed by atoms with van der Waals surface area (Å²) in [7, 11) is 5.69. The second kappa shape index (κ2) is 7.26. The van der Waals surface area contributed by atoms with Crippen molar-refractivity contribution in [1.29, 1.82) is 0 Å². The van der Waals surface area contributed by atoms with Crippen LogP contribution in [0.2, 0.25) is 0 Å². The van der Waals surface area contributed by atoms with Gasteiger partial charge >= 0.3 is 0 Å². The van der Waals surface area contributed by atoms with Gasteiger partial charge in [0.2, 0.25) is 17.7 Å². The molecule has 0 spiro atoms. The molecule has 1 fully saturated rings. The van der Waals surface area contributed by atoms with Gasteiger partial charge in [0.25, 0.3) is 0 Å². The smallest absolute Gasteiger partial charge is 0.229 e. The third kappa shape index (κ3) is 4.31. The Morgan fingerprint density at radius 3 is 2.13 bits per heavy atom. The summed E-state index contributed by atoms with van der Waals surface area (Å²) < 4.78 is 0. The quantitative estimate of drug-likeness (QED) is 0.741. The fourth-order valence-corrected chi connectivity index (χ4v) is 2.53. The predicted molar refractivity (Wildman–Crippen MR) is 87.8 cm³/mol. The molecule has 1 aromatic carbocycles. The third-order valence-electron chi connectivity index (χ3n) is 4.00. The van der Waals surface area contributed by atoms with Crippen molar-refractivity contribution in [3.63, 3.8) is 0 Å². The fourth-order valence-electron chi connectivity index (χ4n) is 2.53. The van der Waals surface area contributed by atoms with Crippen molar-refractivity contribution in [2.24, 2.45) is 0 Å². The van der Waals surface area contributed by atoms with Crippen LogP contribution in [0.3, 0.4) is 0 Å². The summed E-state index contributed by atoms with van der Waals surface area (Å²) in [5.74, 6) is -0.427. The van der Waals surface area contributed by atoms with Gasteiger partial charge in [0.15, 0.2) is 0 Å². The van der Waals surface area contributed by atoms with Crippen LogP contribution in [0.25, 0.3) is 0 Å². The number of amides is 3. The lowest BCUT2D eigenvalue weighted by Crippen LogP contribution is -2.34. The maximum atomic E-state index is 12.2. The number of benzene rings is 1. The van der Waals surface area contributed by atoms with E-state index in [0.29, 0.717) is 6.54 Å². The number of carbonyl (C=O) groups excluding carboxylic acids is 3. The molecule has 1 aliphatic rings. The van der Waals surface area contributed by atoms with E-state index in [-0.39, 0.29) is 43.5 Å². The van der Waals surface area contributed by atoms with Gasteiger partial charge in [0, 0.05) is 59.2 Å². The molecule has 124 valence electrons. The average molecular weight is 317 g/mol. The summed E-state index contributed by atoms with van der Waals surface area (Å²) in [6.45, 7) is 0.689. The van der Waals surface area contributed by atoms with Gasteiger partial charge in [0.05, 0.1) is 0 Å². The number of imide groups is 1. The van der Waals surface area contributed by atoms with E-state index in [1.54, 1.807) is 11.9 Å². The van der Waals surface area contributed by atoms with Crippen LogP contribution < -0.4 is 4.90 Å². The molecule has 23 heavy (non-hydrogen) atoms. The second-order valence-corrected chi connectivity index (χ2v) is 6.00. The van der Waals surface area contributed by atoms with Crippen LogP contribution in [-0.2, 0) is 20.9 Å². The van der Waals surface area contributed by atoms with E-state index < -0.39 is 0 Å². The van der Waals surface area contributed by atoms with Crippen molar-refractivity contribution in [2.75, 3.05) is 32.6 Å². The molecule has 3 amide bonds. The molecule has 1 heterocycles. The molecule has 0 saturated carbocycles. The van der Waals surface area contributed by atoms with Crippen molar-refractivity contribution in [3.05, 3.63) is 29.8 Å². The number of hydrogen-bond acceptors (Lipinski definition) is 4. The first-order valence-corrected chi connectivity index (χ1v) is 7.72. The fraction of sp³-hybridized carbons (Fsp3) is 0.471. The largest absolute Gasteiger partial charge is 0.378 e. The number of anilines is 1. The molecule has 0 unspecified atom stereocenters. The molecule has 0 atom stereocenters. The lowest BCUT2D eigenvalue weighted by molar-refractivity contribution is -0.139. The minimum Gasteiger partial charge on any atom is -0.378 e. The SMILES string of the molecule is CN(Cc1ccc(N(C)C)cc1)C(=O)CCN1C(=O)CCC1=O. The van der Waals surface area contributed by atoms with E-state index in [0.717, 1.165) is 11.3 Å². The molecule has 6 heteroatoms. The van der Waals surface area contributed by atoms with Gasteiger partial charge < -0.3 is 9.80 Å². The minimum absolute atomic E-state index is 0.0748. The zero-order valence-corrected chi connectivity index (χ0v) is 13.9. The van der Waals surface area contributed by atoms with Gasteiger partial charge in [-0.25, -0.2) is 0 Å². The van der Waals surface area contributed by atoms with Gasteiger partial charge in [-0.2, -0.15) is 0 Å². The number of nitrogens with zero attached hydrogens (tertiary/aromatic N) is 3. The van der Waals surface area contributed by atoms with Crippen LogP contribution in [0.15, 0.2) is 24.3 Å². The summed E-state index contributed by atoms with van der Waals surface area (Å²) in [6, 6.07) is 8.00. The van der Waals surface area contributed by atoms with E-state index in [9.17, 15) is 14.4 Å². The molecule has 1 aromatic rings. The highest BCUT2D eigenvalue weighted by Crippen LogP contribution is 2.15. The third-order valence-corrected chi connectivity index (χ3v) is 4.00. The van der Waals surface area contributed by atoms with Crippen molar-refractivity contribution in [3.8, 4) is 0 Å². The first-order chi connectivity index (χ1) is 10.9. The molecule has 1 saturated heterocycles. The molecule has 0 aromatic heterocycles. The Hall–Kier alpha value is -2.37. The number of rotatable bonds is 6. The van der Waals surface area contributed by atoms with E-state index in [4.69, 9.17) is 0 Å². The highest BCUT2D eigenvalue weighted by molar-refractivity contribution is 6.02. The van der Waals surface area contributed by atoms with E-state index in [1.165, 1.54) is 4.90 Å². The molecule has 1 aliphatic heterocycles. The Morgan fingerprint density at radius 2 is 1.61 bits per heavy atom. The van der Waals surface area contributed by atoms with Gasteiger partial charge in [-0.05, 0) is 17.7 Å².